The molecular formula is C17H19N3O2. The predicted octanol–water partition coefficient (Wildman–Crippen LogP) is 2.88. The van der Waals surface area contributed by atoms with E-state index in [0.717, 1.165) is 34.7 Å². The lowest BCUT2D eigenvalue weighted by molar-refractivity contribution is 0.415. The van der Waals surface area contributed by atoms with Crippen molar-refractivity contribution >= 4 is 5.65 Å². The number of aromatic nitrogens is 3. The van der Waals surface area contributed by atoms with Gasteiger partial charge >= 0.3 is 0 Å². The molecule has 0 aliphatic heterocycles. The number of fused-ring (bicyclic) bond motifs is 1. The summed E-state index contributed by atoms with van der Waals surface area (Å²) in [6.45, 7) is 5.85. The van der Waals surface area contributed by atoms with Gasteiger partial charge in [-0.15, -0.1) is 0 Å². The molecule has 114 valence electrons. The topological polar surface area (TPSA) is 59.4 Å². The fourth-order valence-electron chi connectivity index (χ4n) is 2.69. The fraction of sp³-hybridized carbons (Fsp3) is 0.294. The Kier molecular flexibility index (Phi) is 3.48. The Morgan fingerprint density at radius 1 is 1.18 bits per heavy atom. The zero-order valence-electron chi connectivity index (χ0n) is 13.2. The Morgan fingerprint density at radius 3 is 2.45 bits per heavy atom. The Morgan fingerprint density at radius 2 is 1.86 bits per heavy atom. The van der Waals surface area contributed by atoms with Crippen LogP contribution in [0.1, 0.15) is 23.7 Å². The third kappa shape index (κ3) is 2.09. The van der Waals surface area contributed by atoms with Crippen LogP contribution in [0.4, 0.5) is 0 Å². The highest BCUT2D eigenvalue weighted by Gasteiger charge is 2.15. The molecule has 0 aliphatic carbocycles. The minimum atomic E-state index is -0.0568. The molecule has 1 N–H and O–H groups in total. The molecule has 1 aromatic carbocycles. The summed E-state index contributed by atoms with van der Waals surface area (Å²) in [6, 6.07) is 7.60. The molecule has 0 spiro atoms. The van der Waals surface area contributed by atoms with Crippen LogP contribution in [-0.2, 0) is 6.42 Å². The molecule has 0 unspecified atom stereocenters. The largest absolute Gasteiger partial charge is 0.497 e. The van der Waals surface area contributed by atoms with Crippen molar-refractivity contribution in [1.29, 1.82) is 0 Å². The van der Waals surface area contributed by atoms with E-state index < -0.39 is 0 Å². The van der Waals surface area contributed by atoms with Crippen LogP contribution in [0.15, 0.2) is 29.1 Å². The molecule has 0 fully saturated rings. The van der Waals surface area contributed by atoms with Crippen molar-refractivity contribution in [3.8, 4) is 17.0 Å². The number of nitrogens with one attached hydrogen (secondary N) is 1. The van der Waals surface area contributed by atoms with E-state index in [4.69, 9.17) is 9.72 Å². The van der Waals surface area contributed by atoms with Crippen LogP contribution in [0.25, 0.3) is 16.9 Å². The van der Waals surface area contributed by atoms with Crippen LogP contribution >= 0.6 is 0 Å². The monoisotopic (exact) mass is 297 g/mol. The summed E-state index contributed by atoms with van der Waals surface area (Å²) in [6.07, 6.45) is 0.839. The zero-order valence-corrected chi connectivity index (χ0v) is 13.2. The van der Waals surface area contributed by atoms with Gasteiger partial charge in [-0.1, -0.05) is 6.92 Å². The Balaban J connectivity index is 2.27. The van der Waals surface area contributed by atoms with E-state index in [9.17, 15) is 4.79 Å². The predicted molar refractivity (Wildman–Crippen MR) is 86.7 cm³/mol. The average molecular weight is 297 g/mol. The van der Waals surface area contributed by atoms with Gasteiger partial charge < -0.3 is 4.74 Å². The molecule has 2 aromatic heterocycles. The molecule has 3 rings (SSSR count). The minimum Gasteiger partial charge on any atom is -0.497 e. The number of rotatable bonds is 3. The standard InChI is InChI=1S/C17H19N3O2/c1-5-14-10(2)16-18-15(11(3)17(21)20(16)19-14)12-6-8-13(22-4)9-7-12/h6-9,19H,5H2,1-4H3. The van der Waals surface area contributed by atoms with E-state index in [-0.39, 0.29) is 5.56 Å². The van der Waals surface area contributed by atoms with Gasteiger partial charge in [0, 0.05) is 22.4 Å². The van der Waals surface area contributed by atoms with Crippen LogP contribution in [-0.4, -0.2) is 21.7 Å². The van der Waals surface area contributed by atoms with Gasteiger partial charge in [-0.3, -0.25) is 9.89 Å². The van der Waals surface area contributed by atoms with Crippen LogP contribution < -0.4 is 10.3 Å². The molecule has 0 radical (unpaired) electrons. The first-order chi connectivity index (χ1) is 10.6. The maximum absolute atomic E-state index is 12.6. The number of hydrogen-bond donors (Lipinski definition) is 1. The molecule has 0 aliphatic rings. The van der Waals surface area contributed by atoms with Crippen molar-refractivity contribution in [3.63, 3.8) is 0 Å². The van der Waals surface area contributed by atoms with Crippen molar-refractivity contribution in [2.24, 2.45) is 0 Å². The van der Waals surface area contributed by atoms with Gasteiger partial charge in [-0.25, -0.2) is 9.50 Å². The quantitative estimate of drug-likeness (QED) is 0.808. The van der Waals surface area contributed by atoms with Crippen molar-refractivity contribution in [1.82, 2.24) is 14.6 Å². The first-order valence-corrected chi connectivity index (χ1v) is 7.32. The van der Waals surface area contributed by atoms with Gasteiger partial charge in [0.15, 0.2) is 5.65 Å². The molecule has 0 atom stereocenters. The van der Waals surface area contributed by atoms with E-state index in [0.29, 0.717) is 11.2 Å². The molecule has 5 heteroatoms. The first kappa shape index (κ1) is 14.4. The molecule has 22 heavy (non-hydrogen) atoms. The van der Waals surface area contributed by atoms with Crippen LogP contribution in [0.5, 0.6) is 5.75 Å². The van der Waals surface area contributed by atoms with Gasteiger partial charge in [0.05, 0.1) is 12.8 Å². The van der Waals surface area contributed by atoms with E-state index >= 15 is 0 Å². The van der Waals surface area contributed by atoms with E-state index in [1.165, 1.54) is 4.52 Å². The number of benzene rings is 1. The first-order valence-electron chi connectivity index (χ1n) is 7.32. The summed E-state index contributed by atoms with van der Waals surface area (Å²) in [7, 11) is 1.63. The second kappa shape index (κ2) is 5.33. The Bertz CT molecular complexity index is 889. The zero-order chi connectivity index (χ0) is 15.9. The normalized spacial score (nSPS) is 11.1. The molecular weight excluding hydrogens is 278 g/mol. The molecule has 3 aromatic rings. The number of methoxy groups -OCH3 is 1. The summed E-state index contributed by atoms with van der Waals surface area (Å²) in [5.41, 5.74) is 4.96. The molecule has 0 amide bonds. The number of aromatic amines is 1. The lowest BCUT2D eigenvalue weighted by atomic mass is 10.1. The number of H-pyrrole nitrogens is 1. The summed E-state index contributed by atoms with van der Waals surface area (Å²) in [5.74, 6) is 0.783. The second-order valence-electron chi connectivity index (χ2n) is 5.35. The van der Waals surface area contributed by atoms with E-state index in [2.05, 4.69) is 12.0 Å². The van der Waals surface area contributed by atoms with Gasteiger partial charge in [0.1, 0.15) is 5.75 Å². The lowest BCUT2D eigenvalue weighted by Crippen LogP contribution is -2.19. The summed E-state index contributed by atoms with van der Waals surface area (Å²) in [4.78, 5) is 17.3. The van der Waals surface area contributed by atoms with E-state index in [1.807, 2.05) is 38.1 Å². The molecule has 0 saturated heterocycles. The van der Waals surface area contributed by atoms with Crippen LogP contribution in [0, 0.1) is 13.8 Å². The van der Waals surface area contributed by atoms with Gasteiger partial charge in [0.25, 0.3) is 5.56 Å². The second-order valence-corrected chi connectivity index (χ2v) is 5.35. The fourth-order valence-corrected chi connectivity index (χ4v) is 2.69. The Hall–Kier alpha value is -2.56. The molecule has 0 saturated carbocycles. The summed E-state index contributed by atoms with van der Waals surface area (Å²) >= 11 is 0. The molecule has 5 nitrogen and oxygen atoms in total. The van der Waals surface area contributed by atoms with Gasteiger partial charge in [-0.05, 0) is 44.5 Å². The highest BCUT2D eigenvalue weighted by atomic mass is 16.5. The van der Waals surface area contributed by atoms with Crippen molar-refractivity contribution < 1.29 is 4.74 Å². The highest BCUT2D eigenvalue weighted by molar-refractivity contribution is 5.67. The van der Waals surface area contributed by atoms with Gasteiger partial charge in [0.2, 0.25) is 0 Å². The number of nitrogens with zero attached hydrogens (tertiary/aromatic N) is 2. The summed E-state index contributed by atoms with van der Waals surface area (Å²) < 4.78 is 6.71. The van der Waals surface area contributed by atoms with Crippen molar-refractivity contribution in [2.45, 2.75) is 27.2 Å². The van der Waals surface area contributed by atoms with Crippen molar-refractivity contribution in [3.05, 3.63) is 51.4 Å². The van der Waals surface area contributed by atoms with Gasteiger partial charge in [-0.2, -0.15) is 0 Å². The number of ether oxygens (including phenoxy) is 1. The van der Waals surface area contributed by atoms with E-state index in [1.54, 1.807) is 7.11 Å². The number of hydrogen-bond acceptors (Lipinski definition) is 3. The third-order valence-electron chi connectivity index (χ3n) is 4.06. The SMILES string of the molecule is CCc1[nH]n2c(=O)c(C)c(-c3ccc(OC)cc3)nc2c1C. The maximum atomic E-state index is 12.6. The minimum absolute atomic E-state index is 0.0568. The van der Waals surface area contributed by atoms with Crippen LogP contribution in [0.2, 0.25) is 0 Å². The average Bonchev–Trinajstić information content (AvgIpc) is 2.87. The van der Waals surface area contributed by atoms with Crippen molar-refractivity contribution in [2.75, 3.05) is 7.11 Å². The molecule has 2 heterocycles. The summed E-state index contributed by atoms with van der Waals surface area (Å²) in [5, 5.41) is 3.14. The third-order valence-corrected chi connectivity index (χ3v) is 4.06. The lowest BCUT2D eigenvalue weighted by Gasteiger charge is -2.07. The smallest absolute Gasteiger partial charge is 0.276 e. The highest BCUT2D eigenvalue weighted by Crippen LogP contribution is 2.24. The Labute approximate surface area is 128 Å². The molecule has 0 bridgehead atoms. The van der Waals surface area contributed by atoms with Crippen LogP contribution in [0.3, 0.4) is 0 Å². The maximum Gasteiger partial charge on any atom is 0.276 e. The number of aryl methyl sites for hydroxylation is 2.